The van der Waals surface area contributed by atoms with Crippen LogP contribution in [0.2, 0.25) is 0 Å². The third kappa shape index (κ3) is 3.42. The van der Waals surface area contributed by atoms with Gasteiger partial charge in [0, 0.05) is 11.4 Å². The largest absolute Gasteiger partial charge is 0.479 e. The van der Waals surface area contributed by atoms with Gasteiger partial charge in [-0.05, 0) is 49.7 Å². The molecule has 0 unspecified atom stereocenters. The molecule has 118 valence electrons. The van der Waals surface area contributed by atoms with E-state index in [0.717, 1.165) is 5.56 Å². The molecule has 2 aromatic carbocycles. The number of carbonyl (C=O) groups is 2. The van der Waals surface area contributed by atoms with E-state index in [0.29, 0.717) is 22.8 Å². The molecule has 1 atom stereocenters. The number of hydrogen-bond acceptors (Lipinski definition) is 3. The fourth-order valence-corrected chi connectivity index (χ4v) is 2.30. The van der Waals surface area contributed by atoms with Gasteiger partial charge in [-0.3, -0.25) is 4.79 Å². The minimum absolute atomic E-state index is 0.209. The van der Waals surface area contributed by atoms with Crippen molar-refractivity contribution in [2.45, 2.75) is 20.0 Å². The maximum atomic E-state index is 12.0. The number of amides is 3. The number of ether oxygens (including phenoxy) is 1. The Morgan fingerprint density at radius 2 is 1.87 bits per heavy atom. The summed E-state index contributed by atoms with van der Waals surface area (Å²) in [6.45, 7) is 3.63. The van der Waals surface area contributed by atoms with Crippen LogP contribution in [0.3, 0.4) is 0 Å². The van der Waals surface area contributed by atoms with E-state index in [9.17, 15) is 9.59 Å². The molecule has 0 bridgehead atoms. The summed E-state index contributed by atoms with van der Waals surface area (Å²) < 4.78 is 5.47. The lowest BCUT2D eigenvalue weighted by atomic mass is 10.2. The Balaban J connectivity index is 1.70. The monoisotopic (exact) mass is 311 g/mol. The van der Waals surface area contributed by atoms with Crippen LogP contribution in [0.1, 0.15) is 12.5 Å². The molecule has 6 nitrogen and oxygen atoms in total. The number of hydrogen-bond donors (Lipinski definition) is 3. The molecule has 0 fully saturated rings. The van der Waals surface area contributed by atoms with E-state index in [1.807, 2.05) is 31.2 Å². The van der Waals surface area contributed by atoms with Gasteiger partial charge in [-0.1, -0.05) is 12.1 Å². The topological polar surface area (TPSA) is 79.5 Å². The summed E-state index contributed by atoms with van der Waals surface area (Å²) in [7, 11) is 0. The zero-order valence-corrected chi connectivity index (χ0v) is 12.8. The molecule has 23 heavy (non-hydrogen) atoms. The summed E-state index contributed by atoms with van der Waals surface area (Å²) in [6.07, 6.45) is -0.522. The summed E-state index contributed by atoms with van der Waals surface area (Å²) in [5.41, 5.74) is 2.88. The van der Waals surface area contributed by atoms with Crippen LogP contribution in [0.15, 0.2) is 42.5 Å². The second kappa shape index (κ2) is 6.00. The standard InChI is InChI=1S/C17H17N3O3/c1-10-4-3-5-12(8-10)18-17(22)19-13-6-7-15-14(9-13)20-16(21)11(2)23-15/h3-9,11H,1-2H3,(H,20,21)(H2,18,19,22)/t11-/m0/s1. The lowest BCUT2D eigenvalue weighted by Gasteiger charge is -2.23. The fraction of sp³-hybridized carbons (Fsp3) is 0.176. The first-order valence-electron chi connectivity index (χ1n) is 7.27. The van der Waals surface area contributed by atoms with E-state index < -0.39 is 6.10 Å². The Bertz CT molecular complexity index is 773. The fourth-order valence-electron chi connectivity index (χ4n) is 2.30. The first kappa shape index (κ1) is 14.9. The molecule has 3 N–H and O–H groups in total. The minimum atomic E-state index is -0.522. The van der Waals surface area contributed by atoms with Crippen molar-refractivity contribution in [2.75, 3.05) is 16.0 Å². The van der Waals surface area contributed by atoms with Crippen LogP contribution in [0.4, 0.5) is 21.9 Å². The highest BCUT2D eigenvalue weighted by Crippen LogP contribution is 2.32. The first-order valence-corrected chi connectivity index (χ1v) is 7.27. The van der Waals surface area contributed by atoms with Crippen LogP contribution in [0.5, 0.6) is 5.75 Å². The Morgan fingerprint density at radius 1 is 1.13 bits per heavy atom. The average Bonchev–Trinajstić information content (AvgIpc) is 2.48. The van der Waals surface area contributed by atoms with Crippen molar-refractivity contribution in [2.24, 2.45) is 0 Å². The number of fused-ring (bicyclic) bond motifs is 1. The zero-order valence-electron chi connectivity index (χ0n) is 12.8. The van der Waals surface area contributed by atoms with E-state index in [4.69, 9.17) is 4.74 Å². The van der Waals surface area contributed by atoms with Crippen molar-refractivity contribution in [3.05, 3.63) is 48.0 Å². The molecule has 2 aromatic rings. The number of carbonyl (C=O) groups excluding carboxylic acids is 2. The van der Waals surface area contributed by atoms with Crippen LogP contribution in [-0.4, -0.2) is 18.0 Å². The van der Waals surface area contributed by atoms with Crippen LogP contribution < -0.4 is 20.7 Å². The zero-order chi connectivity index (χ0) is 16.4. The van der Waals surface area contributed by atoms with Gasteiger partial charge in [0.15, 0.2) is 6.10 Å². The van der Waals surface area contributed by atoms with Gasteiger partial charge in [0.2, 0.25) is 0 Å². The van der Waals surface area contributed by atoms with E-state index in [1.54, 1.807) is 25.1 Å². The van der Waals surface area contributed by atoms with Crippen molar-refractivity contribution >= 4 is 29.0 Å². The third-order valence-corrected chi connectivity index (χ3v) is 3.44. The summed E-state index contributed by atoms with van der Waals surface area (Å²) in [5, 5.41) is 8.23. The Morgan fingerprint density at radius 3 is 2.61 bits per heavy atom. The molecule has 0 saturated heterocycles. The van der Waals surface area contributed by atoms with E-state index in [2.05, 4.69) is 16.0 Å². The van der Waals surface area contributed by atoms with Crippen LogP contribution in [0.25, 0.3) is 0 Å². The summed E-state index contributed by atoms with van der Waals surface area (Å²) in [5.74, 6) is 0.376. The molecule has 1 aliphatic heterocycles. The highest BCUT2D eigenvalue weighted by molar-refractivity contribution is 6.02. The normalized spacial score (nSPS) is 15.9. The van der Waals surface area contributed by atoms with Gasteiger partial charge < -0.3 is 20.7 Å². The molecule has 1 aliphatic rings. The lowest BCUT2D eigenvalue weighted by molar-refractivity contribution is -0.122. The number of nitrogens with one attached hydrogen (secondary N) is 3. The van der Waals surface area contributed by atoms with Gasteiger partial charge in [0.05, 0.1) is 5.69 Å². The van der Waals surface area contributed by atoms with Crippen LogP contribution >= 0.6 is 0 Å². The number of aryl methyl sites for hydroxylation is 1. The second-order valence-electron chi connectivity index (χ2n) is 5.41. The second-order valence-corrected chi connectivity index (χ2v) is 5.41. The molecule has 0 aromatic heterocycles. The maximum Gasteiger partial charge on any atom is 0.323 e. The van der Waals surface area contributed by atoms with Crippen LogP contribution in [-0.2, 0) is 4.79 Å². The Kier molecular flexibility index (Phi) is 3.89. The lowest BCUT2D eigenvalue weighted by Crippen LogP contribution is -2.34. The van der Waals surface area contributed by atoms with Gasteiger partial charge >= 0.3 is 6.03 Å². The first-order chi connectivity index (χ1) is 11.0. The van der Waals surface area contributed by atoms with Crippen molar-refractivity contribution in [1.29, 1.82) is 0 Å². The number of benzene rings is 2. The molecule has 1 heterocycles. The minimum Gasteiger partial charge on any atom is -0.479 e. The number of rotatable bonds is 2. The molecule has 3 rings (SSSR count). The van der Waals surface area contributed by atoms with E-state index in [1.165, 1.54) is 0 Å². The van der Waals surface area contributed by atoms with Gasteiger partial charge in [-0.15, -0.1) is 0 Å². The molecule has 0 radical (unpaired) electrons. The quantitative estimate of drug-likeness (QED) is 0.795. The number of urea groups is 1. The third-order valence-electron chi connectivity index (χ3n) is 3.44. The van der Waals surface area contributed by atoms with Crippen molar-refractivity contribution in [1.82, 2.24) is 0 Å². The van der Waals surface area contributed by atoms with E-state index in [-0.39, 0.29) is 11.9 Å². The SMILES string of the molecule is Cc1cccc(NC(=O)Nc2ccc3c(c2)NC(=O)[C@H](C)O3)c1. The van der Waals surface area contributed by atoms with Gasteiger partial charge in [0.25, 0.3) is 5.91 Å². The molecule has 6 heteroatoms. The molecular formula is C17H17N3O3. The van der Waals surface area contributed by atoms with Crippen molar-refractivity contribution < 1.29 is 14.3 Å². The Labute approximate surface area is 133 Å². The predicted octanol–water partition coefficient (Wildman–Crippen LogP) is 3.36. The molecular weight excluding hydrogens is 294 g/mol. The predicted molar refractivity (Wildman–Crippen MR) is 89.0 cm³/mol. The number of anilines is 3. The Hall–Kier alpha value is -3.02. The molecule has 3 amide bonds. The highest BCUT2D eigenvalue weighted by atomic mass is 16.5. The van der Waals surface area contributed by atoms with Gasteiger partial charge in [0.1, 0.15) is 5.75 Å². The average molecular weight is 311 g/mol. The molecule has 0 spiro atoms. The van der Waals surface area contributed by atoms with Crippen molar-refractivity contribution in [3.8, 4) is 5.75 Å². The van der Waals surface area contributed by atoms with Gasteiger partial charge in [-0.2, -0.15) is 0 Å². The van der Waals surface area contributed by atoms with Crippen molar-refractivity contribution in [3.63, 3.8) is 0 Å². The highest BCUT2D eigenvalue weighted by Gasteiger charge is 2.23. The molecule has 0 saturated carbocycles. The molecule has 0 aliphatic carbocycles. The maximum absolute atomic E-state index is 12.0. The smallest absolute Gasteiger partial charge is 0.323 e. The van der Waals surface area contributed by atoms with E-state index >= 15 is 0 Å². The summed E-state index contributed by atoms with van der Waals surface area (Å²) >= 11 is 0. The summed E-state index contributed by atoms with van der Waals surface area (Å²) in [4.78, 5) is 23.7. The van der Waals surface area contributed by atoms with Crippen LogP contribution in [0, 0.1) is 6.92 Å². The van der Waals surface area contributed by atoms with Gasteiger partial charge in [-0.25, -0.2) is 4.79 Å². The summed E-state index contributed by atoms with van der Waals surface area (Å²) in [6, 6.07) is 12.3.